The summed E-state index contributed by atoms with van der Waals surface area (Å²) in [4.78, 5) is 13.6. The van der Waals surface area contributed by atoms with Crippen molar-refractivity contribution in [3.63, 3.8) is 0 Å². The van der Waals surface area contributed by atoms with Crippen LogP contribution in [0.25, 0.3) is 0 Å². The molecule has 1 saturated heterocycles. The van der Waals surface area contributed by atoms with Gasteiger partial charge in [0.2, 0.25) is 15.9 Å². The number of nitrogens with zero attached hydrogens (tertiary/aromatic N) is 2. The fourth-order valence-electron chi connectivity index (χ4n) is 3.25. The van der Waals surface area contributed by atoms with Gasteiger partial charge in [-0.15, -0.1) is 0 Å². The predicted octanol–water partition coefficient (Wildman–Crippen LogP) is 2.80. The lowest BCUT2D eigenvalue weighted by molar-refractivity contribution is -0.192. The number of hydrogen-bond donors (Lipinski definition) is 3. The van der Waals surface area contributed by atoms with Crippen LogP contribution in [0.4, 0.5) is 13.2 Å². The molecule has 3 rings (SSSR count). The molecule has 0 amide bonds. The largest absolute Gasteiger partial charge is 0.490 e. The van der Waals surface area contributed by atoms with Crippen molar-refractivity contribution >= 4 is 16.0 Å². The van der Waals surface area contributed by atoms with Gasteiger partial charge in [0.15, 0.2) is 5.82 Å². The second-order valence-corrected chi connectivity index (χ2v) is 9.45. The SMILES string of the molecule is Cc1c(C)c(C)c(S(=O)(=O)NCCc2nc(C3CCN3)no2)c(C)c1C.O=C(O)C(F)(F)F. The van der Waals surface area contributed by atoms with E-state index in [1.165, 1.54) is 0 Å². The summed E-state index contributed by atoms with van der Waals surface area (Å²) in [6, 6.07) is 0.160. The summed E-state index contributed by atoms with van der Waals surface area (Å²) in [7, 11) is -3.61. The van der Waals surface area contributed by atoms with Crippen molar-refractivity contribution in [3.8, 4) is 0 Å². The van der Waals surface area contributed by atoms with Crippen molar-refractivity contribution in [2.75, 3.05) is 13.1 Å². The number of aliphatic carboxylic acids is 1. The summed E-state index contributed by atoms with van der Waals surface area (Å²) in [5.74, 6) is -1.67. The molecule has 1 fully saturated rings. The van der Waals surface area contributed by atoms with Crippen molar-refractivity contribution < 1.29 is 36.0 Å². The summed E-state index contributed by atoms with van der Waals surface area (Å²) >= 11 is 0. The van der Waals surface area contributed by atoms with Gasteiger partial charge < -0.3 is 14.9 Å². The van der Waals surface area contributed by atoms with Crippen molar-refractivity contribution in [2.24, 2.45) is 0 Å². The fourth-order valence-corrected chi connectivity index (χ4v) is 4.88. The van der Waals surface area contributed by atoms with Crippen LogP contribution < -0.4 is 10.0 Å². The molecule has 13 heteroatoms. The summed E-state index contributed by atoms with van der Waals surface area (Å²) in [5, 5.41) is 14.3. The molecule has 2 aromatic rings. The van der Waals surface area contributed by atoms with Gasteiger partial charge in [-0.25, -0.2) is 17.9 Å². The van der Waals surface area contributed by atoms with E-state index in [0.29, 0.717) is 23.0 Å². The standard InChI is InChI=1S/C18H26N4O3S.C2HF3O2/c1-10-11(2)13(4)17(14(5)12(10)3)26(23,24)20-9-7-16-21-18(22-25-16)15-6-8-19-15;3-2(4,5)1(6)7/h15,19-20H,6-9H2,1-5H3;(H,6,7). The molecule has 1 unspecified atom stereocenters. The number of nitrogens with one attached hydrogen (secondary N) is 2. The fraction of sp³-hybridized carbons (Fsp3) is 0.550. The second kappa shape index (κ2) is 10.2. The lowest BCUT2D eigenvalue weighted by atomic mass is 9.95. The highest BCUT2D eigenvalue weighted by molar-refractivity contribution is 7.89. The molecule has 1 aromatic carbocycles. The van der Waals surface area contributed by atoms with E-state index in [0.717, 1.165) is 40.8 Å². The molecule has 3 N–H and O–H groups in total. The molecule has 33 heavy (non-hydrogen) atoms. The Labute approximate surface area is 189 Å². The molecule has 1 atom stereocenters. The number of halogens is 3. The number of carboxylic acids is 1. The number of benzene rings is 1. The zero-order valence-corrected chi connectivity index (χ0v) is 19.7. The molecule has 0 bridgehead atoms. The highest BCUT2D eigenvalue weighted by atomic mass is 32.2. The van der Waals surface area contributed by atoms with Gasteiger partial charge in [0.25, 0.3) is 0 Å². The maximum absolute atomic E-state index is 12.9. The van der Waals surface area contributed by atoms with Gasteiger partial charge in [0, 0.05) is 13.0 Å². The molecular formula is C20H27F3N4O5S. The first-order valence-corrected chi connectivity index (χ1v) is 11.6. The van der Waals surface area contributed by atoms with Gasteiger partial charge in [-0.1, -0.05) is 5.16 Å². The van der Waals surface area contributed by atoms with Crippen molar-refractivity contribution in [1.29, 1.82) is 0 Å². The van der Waals surface area contributed by atoms with Crippen LogP contribution in [-0.2, 0) is 21.2 Å². The Bertz CT molecular complexity index is 1100. The maximum atomic E-state index is 12.9. The first-order valence-electron chi connectivity index (χ1n) is 10.1. The third-order valence-electron chi connectivity index (χ3n) is 5.69. The first kappa shape index (κ1) is 26.7. The Hall–Kier alpha value is -2.51. The molecule has 1 aliphatic heterocycles. The van der Waals surface area contributed by atoms with Crippen LogP contribution in [0.1, 0.15) is 52.0 Å². The first-order chi connectivity index (χ1) is 15.2. The van der Waals surface area contributed by atoms with Crippen LogP contribution in [0, 0.1) is 34.6 Å². The molecule has 2 heterocycles. The van der Waals surface area contributed by atoms with E-state index in [9.17, 15) is 21.6 Å². The Kier molecular flexibility index (Phi) is 8.25. The van der Waals surface area contributed by atoms with Crippen LogP contribution in [-0.4, -0.2) is 48.9 Å². The Balaban J connectivity index is 0.000000479. The normalized spacial score (nSPS) is 16.1. The number of rotatable bonds is 6. The monoisotopic (exact) mass is 492 g/mol. The van der Waals surface area contributed by atoms with Crippen molar-refractivity contribution in [1.82, 2.24) is 20.2 Å². The highest BCUT2D eigenvalue weighted by Gasteiger charge is 2.38. The topological polar surface area (TPSA) is 134 Å². The minimum atomic E-state index is -5.08. The van der Waals surface area contributed by atoms with E-state index in [-0.39, 0.29) is 12.6 Å². The Morgan fingerprint density at radius 1 is 1.12 bits per heavy atom. The Morgan fingerprint density at radius 2 is 1.61 bits per heavy atom. The minimum Gasteiger partial charge on any atom is -0.475 e. The van der Waals surface area contributed by atoms with Gasteiger partial charge in [-0.2, -0.15) is 18.2 Å². The molecular weight excluding hydrogens is 465 g/mol. The lowest BCUT2D eigenvalue weighted by Crippen LogP contribution is -2.35. The van der Waals surface area contributed by atoms with E-state index < -0.39 is 22.2 Å². The molecule has 9 nitrogen and oxygen atoms in total. The van der Waals surface area contributed by atoms with Gasteiger partial charge in [0.05, 0.1) is 10.9 Å². The molecule has 0 spiro atoms. The quantitative estimate of drug-likeness (QED) is 0.560. The smallest absolute Gasteiger partial charge is 0.475 e. The van der Waals surface area contributed by atoms with Crippen LogP contribution >= 0.6 is 0 Å². The third kappa shape index (κ3) is 6.30. The number of carboxylic acid groups (broad SMARTS) is 1. The highest BCUT2D eigenvalue weighted by Crippen LogP contribution is 2.29. The maximum Gasteiger partial charge on any atom is 0.490 e. The average Bonchev–Trinajstić information content (AvgIpc) is 3.11. The van der Waals surface area contributed by atoms with Gasteiger partial charge in [0.1, 0.15) is 0 Å². The van der Waals surface area contributed by atoms with Gasteiger partial charge >= 0.3 is 12.1 Å². The molecule has 184 valence electrons. The summed E-state index contributed by atoms with van der Waals surface area (Å²) in [5.41, 5.74) is 4.77. The Morgan fingerprint density at radius 3 is 2.03 bits per heavy atom. The summed E-state index contributed by atoms with van der Waals surface area (Å²) in [6.07, 6.45) is -3.73. The van der Waals surface area contributed by atoms with Crippen LogP contribution in [0.5, 0.6) is 0 Å². The zero-order valence-electron chi connectivity index (χ0n) is 18.9. The predicted molar refractivity (Wildman–Crippen MR) is 112 cm³/mol. The van der Waals surface area contributed by atoms with Gasteiger partial charge in [-0.3, -0.25) is 0 Å². The lowest BCUT2D eigenvalue weighted by Gasteiger charge is -2.23. The number of sulfonamides is 1. The molecule has 0 saturated carbocycles. The van der Waals surface area contributed by atoms with Crippen molar-refractivity contribution in [2.45, 2.75) is 64.6 Å². The van der Waals surface area contributed by atoms with E-state index in [1.807, 2.05) is 34.6 Å². The van der Waals surface area contributed by atoms with Crippen LogP contribution in [0.2, 0.25) is 0 Å². The number of alkyl halides is 3. The van der Waals surface area contributed by atoms with E-state index in [4.69, 9.17) is 14.4 Å². The molecule has 1 aliphatic rings. The van der Waals surface area contributed by atoms with E-state index in [2.05, 4.69) is 20.2 Å². The average molecular weight is 493 g/mol. The summed E-state index contributed by atoms with van der Waals surface area (Å²) < 4.78 is 65.3. The minimum absolute atomic E-state index is 0.160. The van der Waals surface area contributed by atoms with Gasteiger partial charge in [-0.05, 0) is 75.4 Å². The second-order valence-electron chi connectivity index (χ2n) is 7.75. The van der Waals surface area contributed by atoms with Crippen LogP contribution in [0.3, 0.4) is 0 Å². The van der Waals surface area contributed by atoms with E-state index in [1.54, 1.807) is 0 Å². The third-order valence-corrected chi connectivity index (χ3v) is 7.43. The number of aromatic nitrogens is 2. The van der Waals surface area contributed by atoms with Crippen molar-refractivity contribution in [3.05, 3.63) is 39.5 Å². The molecule has 1 aromatic heterocycles. The summed E-state index contributed by atoms with van der Waals surface area (Å²) in [6.45, 7) is 10.8. The number of carbonyl (C=O) groups is 1. The zero-order chi connectivity index (χ0) is 25.1. The van der Waals surface area contributed by atoms with E-state index >= 15 is 0 Å². The number of hydrogen-bond acceptors (Lipinski definition) is 7. The van der Waals surface area contributed by atoms with Crippen LogP contribution in [0.15, 0.2) is 9.42 Å². The molecule has 0 radical (unpaired) electrons. The molecule has 0 aliphatic carbocycles.